The predicted molar refractivity (Wildman–Crippen MR) is 71.2 cm³/mol. The zero-order valence-electron chi connectivity index (χ0n) is 9.45. The number of anilines is 1. The van der Waals surface area contributed by atoms with Gasteiger partial charge in [0.2, 0.25) is 0 Å². The molecular formula is C12H9Cl2N3O. The van der Waals surface area contributed by atoms with E-state index >= 15 is 0 Å². The molecule has 0 bridgehead atoms. The maximum Gasteiger partial charge on any atom is 0.257 e. The van der Waals surface area contributed by atoms with Gasteiger partial charge in [-0.05, 0) is 36.8 Å². The van der Waals surface area contributed by atoms with Crippen LogP contribution in [0.5, 0.6) is 0 Å². The molecule has 92 valence electrons. The Kier molecular flexibility index (Phi) is 3.79. The number of amides is 1. The van der Waals surface area contributed by atoms with Crippen molar-refractivity contribution in [3.05, 3.63) is 51.6 Å². The molecule has 0 spiro atoms. The van der Waals surface area contributed by atoms with E-state index in [0.29, 0.717) is 16.4 Å². The van der Waals surface area contributed by atoms with E-state index in [9.17, 15) is 4.79 Å². The number of nitrogens with zero attached hydrogens (tertiary/aromatic N) is 2. The topological polar surface area (TPSA) is 54.9 Å². The first-order valence-corrected chi connectivity index (χ1v) is 5.88. The highest BCUT2D eigenvalue weighted by Gasteiger charge is 2.10. The van der Waals surface area contributed by atoms with Crippen molar-refractivity contribution >= 4 is 34.9 Å². The van der Waals surface area contributed by atoms with E-state index in [-0.39, 0.29) is 11.1 Å². The number of nitrogens with one attached hydrogen (secondary N) is 1. The third-order valence-corrected chi connectivity index (χ3v) is 2.75. The molecule has 1 heterocycles. The smallest absolute Gasteiger partial charge is 0.257 e. The lowest BCUT2D eigenvalue weighted by atomic mass is 10.1. The molecule has 18 heavy (non-hydrogen) atoms. The summed E-state index contributed by atoms with van der Waals surface area (Å²) in [6, 6.07) is 8.25. The Bertz CT molecular complexity index is 584. The van der Waals surface area contributed by atoms with Crippen molar-refractivity contribution in [3.63, 3.8) is 0 Å². The minimum Gasteiger partial charge on any atom is -0.305 e. The van der Waals surface area contributed by atoms with Crippen LogP contribution in [-0.4, -0.2) is 16.1 Å². The first-order valence-electron chi connectivity index (χ1n) is 5.13. The molecule has 2 rings (SSSR count). The van der Waals surface area contributed by atoms with Gasteiger partial charge in [0, 0.05) is 10.6 Å². The summed E-state index contributed by atoms with van der Waals surface area (Å²) in [4.78, 5) is 12.0. The summed E-state index contributed by atoms with van der Waals surface area (Å²) in [6.07, 6.45) is 0. The van der Waals surface area contributed by atoms with Crippen LogP contribution in [0.25, 0.3) is 0 Å². The van der Waals surface area contributed by atoms with Crippen LogP contribution in [0.15, 0.2) is 30.3 Å². The highest BCUT2D eigenvalue weighted by Crippen LogP contribution is 2.16. The summed E-state index contributed by atoms with van der Waals surface area (Å²) in [6.45, 7) is 1.83. The highest BCUT2D eigenvalue weighted by molar-refractivity contribution is 6.31. The van der Waals surface area contributed by atoms with Crippen molar-refractivity contribution in [2.24, 2.45) is 0 Å². The number of aryl methyl sites for hydroxylation is 1. The molecule has 1 aromatic heterocycles. The van der Waals surface area contributed by atoms with Crippen molar-refractivity contribution in [2.45, 2.75) is 6.92 Å². The molecule has 0 aliphatic heterocycles. The molecule has 1 N–H and O–H groups in total. The summed E-state index contributed by atoms with van der Waals surface area (Å²) in [5.74, 6) is 0.0513. The Morgan fingerprint density at radius 1 is 1.17 bits per heavy atom. The summed E-state index contributed by atoms with van der Waals surface area (Å²) < 4.78 is 0. The lowest BCUT2D eigenvalue weighted by Gasteiger charge is -2.06. The lowest BCUT2D eigenvalue weighted by Crippen LogP contribution is -2.14. The van der Waals surface area contributed by atoms with Crippen molar-refractivity contribution in [1.29, 1.82) is 0 Å². The zero-order valence-corrected chi connectivity index (χ0v) is 11.0. The first-order chi connectivity index (χ1) is 8.56. The standard InChI is InChI=1S/C12H9Cl2N3O/c1-7-2-3-8(13)6-9(7)12(18)15-11-5-4-10(14)16-17-11/h2-6H,1H3,(H,15,17,18). The van der Waals surface area contributed by atoms with Gasteiger partial charge in [0.25, 0.3) is 5.91 Å². The second kappa shape index (κ2) is 5.33. The van der Waals surface area contributed by atoms with Crippen molar-refractivity contribution in [1.82, 2.24) is 10.2 Å². The average molecular weight is 282 g/mol. The van der Waals surface area contributed by atoms with Gasteiger partial charge in [0.1, 0.15) is 0 Å². The minimum atomic E-state index is -0.286. The fourth-order valence-corrected chi connectivity index (χ4v) is 1.68. The summed E-state index contributed by atoms with van der Waals surface area (Å²) >= 11 is 11.5. The van der Waals surface area contributed by atoms with Crippen LogP contribution in [-0.2, 0) is 0 Å². The molecule has 0 aliphatic rings. The van der Waals surface area contributed by atoms with Crippen molar-refractivity contribution < 1.29 is 4.79 Å². The number of hydrogen-bond donors (Lipinski definition) is 1. The zero-order chi connectivity index (χ0) is 13.1. The Morgan fingerprint density at radius 3 is 2.61 bits per heavy atom. The predicted octanol–water partition coefficient (Wildman–Crippen LogP) is 3.34. The maximum absolute atomic E-state index is 12.0. The molecule has 0 unspecified atom stereocenters. The third kappa shape index (κ3) is 2.97. The van der Waals surface area contributed by atoms with Gasteiger partial charge in [-0.3, -0.25) is 4.79 Å². The molecule has 6 heteroatoms. The third-order valence-electron chi connectivity index (χ3n) is 2.32. The Morgan fingerprint density at radius 2 is 1.94 bits per heavy atom. The van der Waals surface area contributed by atoms with Gasteiger partial charge in [-0.15, -0.1) is 10.2 Å². The lowest BCUT2D eigenvalue weighted by molar-refractivity contribution is 0.102. The first kappa shape index (κ1) is 12.8. The number of rotatable bonds is 2. The van der Waals surface area contributed by atoms with Gasteiger partial charge in [-0.2, -0.15) is 0 Å². The highest BCUT2D eigenvalue weighted by atomic mass is 35.5. The van der Waals surface area contributed by atoms with Crippen LogP contribution in [0.4, 0.5) is 5.82 Å². The molecule has 0 fully saturated rings. The van der Waals surface area contributed by atoms with E-state index in [1.807, 2.05) is 6.92 Å². The van der Waals surface area contributed by atoms with E-state index in [0.717, 1.165) is 5.56 Å². The van der Waals surface area contributed by atoms with Crippen molar-refractivity contribution in [2.75, 3.05) is 5.32 Å². The van der Waals surface area contributed by atoms with Gasteiger partial charge in [-0.1, -0.05) is 29.3 Å². The molecule has 2 aromatic rings. The summed E-state index contributed by atoms with van der Waals surface area (Å²) in [7, 11) is 0. The van der Waals surface area contributed by atoms with Crippen LogP contribution in [0.3, 0.4) is 0 Å². The van der Waals surface area contributed by atoms with Gasteiger partial charge >= 0.3 is 0 Å². The maximum atomic E-state index is 12.0. The van der Waals surface area contributed by atoms with Crippen LogP contribution < -0.4 is 5.32 Å². The van der Waals surface area contributed by atoms with E-state index in [4.69, 9.17) is 23.2 Å². The van der Waals surface area contributed by atoms with Crippen LogP contribution in [0, 0.1) is 6.92 Å². The number of hydrogen-bond acceptors (Lipinski definition) is 3. The monoisotopic (exact) mass is 281 g/mol. The minimum absolute atomic E-state index is 0.270. The second-order valence-corrected chi connectivity index (χ2v) is 4.48. The van der Waals surface area contributed by atoms with E-state index in [2.05, 4.69) is 15.5 Å². The van der Waals surface area contributed by atoms with Crippen LogP contribution in [0.1, 0.15) is 15.9 Å². The van der Waals surface area contributed by atoms with E-state index in [1.54, 1.807) is 30.3 Å². The Hall–Kier alpha value is -1.65. The molecule has 1 amide bonds. The second-order valence-electron chi connectivity index (χ2n) is 3.65. The Labute approximate surface area is 114 Å². The van der Waals surface area contributed by atoms with Gasteiger partial charge in [0.05, 0.1) is 0 Å². The van der Waals surface area contributed by atoms with Gasteiger partial charge in [0.15, 0.2) is 11.0 Å². The molecule has 0 radical (unpaired) electrons. The Balaban J connectivity index is 2.21. The molecular weight excluding hydrogens is 273 g/mol. The van der Waals surface area contributed by atoms with Gasteiger partial charge < -0.3 is 5.32 Å². The summed E-state index contributed by atoms with van der Waals surface area (Å²) in [5.41, 5.74) is 1.33. The molecule has 0 aliphatic carbocycles. The molecule has 0 saturated carbocycles. The molecule has 0 saturated heterocycles. The quantitative estimate of drug-likeness (QED) is 0.919. The largest absolute Gasteiger partial charge is 0.305 e. The number of aromatic nitrogens is 2. The number of halogens is 2. The molecule has 1 aromatic carbocycles. The van der Waals surface area contributed by atoms with Crippen LogP contribution >= 0.6 is 23.2 Å². The van der Waals surface area contributed by atoms with Crippen LogP contribution in [0.2, 0.25) is 10.2 Å². The summed E-state index contributed by atoms with van der Waals surface area (Å²) in [5, 5.41) is 10.8. The fraction of sp³-hybridized carbons (Fsp3) is 0.0833. The molecule has 4 nitrogen and oxygen atoms in total. The van der Waals surface area contributed by atoms with E-state index in [1.165, 1.54) is 0 Å². The fourth-order valence-electron chi connectivity index (χ4n) is 1.41. The molecule has 0 atom stereocenters. The number of carbonyl (C=O) groups excluding carboxylic acids is 1. The van der Waals surface area contributed by atoms with Crippen molar-refractivity contribution in [3.8, 4) is 0 Å². The normalized spacial score (nSPS) is 10.2. The van der Waals surface area contributed by atoms with E-state index < -0.39 is 0 Å². The number of carbonyl (C=O) groups is 1. The number of benzene rings is 1. The SMILES string of the molecule is Cc1ccc(Cl)cc1C(=O)Nc1ccc(Cl)nn1. The van der Waals surface area contributed by atoms with Gasteiger partial charge in [-0.25, -0.2) is 0 Å². The average Bonchev–Trinajstić information content (AvgIpc) is 2.35.